The second-order valence-electron chi connectivity index (χ2n) is 7.73. The highest BCUT2D eigenvalue weighted by Gasteiger charge is 2.83. The van der Waals surface area contributed by atoms with E-state index in [9.17, 15) is 27.1 Å². The predicted octanol–water partition coefficient (Wildman–Crippen LogP) is 2.82. The van der Waals surface area contributed by atoms with E-state index in [0.717, 1.165) is 40.0 Å². The van der Waals surface area contributed by atoms with Crippen LogP contribution < -0.4 is 4.74 Å². The third-order valence-corrected chi connectivity index (χ3v) is 5.80. The van der Waals surface area contributed by atoms with E-state index in [1.54, 1.807) is 6.07 Å². The standard InChI is InChI=1S/C18H11B2F6NO2/c19-16(20)14(22)12-11(29-9-4-7(6-27)3-8(21)5-9)2-1-10-13(12)15(16,28)18(25,26)17(10,23)24/h1-5,14,28H,19-20H2/t14-,15+/m1/s1. The van der Waals surface area contributed by atoms with Crippen molar-refractivity contribution in [3.8, 4) is 17.6 Å². The summed E-state index contributed by atoms with van der Waals surface area (Å²) in [5, 5.41) is 17.4. The van der Waals surface area contributed by atoms with Gasteiger partial charge in [-0.25, -0.2) is 8.78 Å². The van der Waals surface area contributed by atoms with E-state index in [0.29, 0.717) is 6.07 Å². The number of hydrogen-bond acceptors (Lipinski definition) is 3. The van der Waals surface area contributed by atoms with Crippen molar-refractivity contribution in [2.24, 2.45) is 0 Å². The number of benzene rings is 2. The number of ether oxygens (including phenoxy) is 1. The Bertz CT molecular complexity index is 1100. The second-order valence-corrected chi connectivity index (χ2v) is 7.73. The minimum absolute atomic E-state index is 0.121. The number of halogens is 6. The molecule has 2 aromatic carbocycles. The van der Waals surface area contributed by atoms with Gasteiger partial charge in [-0.2, -0.15) is 22.8 Å². The molecular weight excluding hydrogens is 398 g/mol. The van der Waals surface area contributed by atoms with Gasteiger partial charge in [0, 0.05) is 22.8 Å². The first-order chi connectivity index (χ1) is 13.3. The normalized spacial score (nSPS) is 27.3. The van der Waals surface area contributed by atoms with Gasteiger partial charge in [0.15, 0.2) is 5.60 Å². The highest BCUT2D eigenvalue weighted by molar-refractivity contribution is 6.42. The van der Waals surface area contributed by atoms with Crippen LogP contribution in [0.25, 0.3) is 0 Å². The van der Waals surface area contributed by atoms with Gasteiger partial charge in [-0.15, -0.1) is 0 Å². The molecule has 0 fully saturated rings. The van der Waals surface area contributed by atoms with E-state index in [1.165, 1.54) is 0 Å². The van der Waals surface area contributed by atoms with Crippen LogP contribution in [0.2, 0.25) is 5.21 Å². The van der Waals surface area contributed by atoms with Crippen molar-refractivity contribution in [2.75, 3.05) is 0 Å². The summed E-state index contributed by atoms with van der Waals surface area (Å²) in [5.41, 5.74) is -6.34. The van der Waals surface area contributed by atoms with Crippen molar-refractivity contribution < 1.29 is 36.2 Å². The van der Waals surface area contributed by atoms with Gasteiger partial charge in [-0.05, 0) is 29.5 Å². The summed E-state index contributed by atoms with van der Waals surface area (Å²) >= 11 is 0. The second kappa shape index (κ2) is 5.51. The van der Waals surface area contributed by atoms with Crippen molar-refractivity contribution in [3.63, 3.8) is 0 Å². The molecule has 148 valence electrons. The maximum absolute atomic E-state index is 15.2. The van der Waals surface area contributed by atoms with Gasteiger partial charge < -0.3 is 9.84 Å². The van der Waals surface area contributed by atoms with Gasteiger partial charge in [0.1, 0.15) is 39.2 Å². The molecule has 2 aromatic rings. The fraction of sp³-hybridized carbons (Fsp3) is 0.278. The molecule has 2 aliphatic rings. The first-order valence-corrected chi connectivity index (χ1v) is 8.49. The molecule has 0 saturated carbocycles. The van der Waals surface area contributed by atoms with E-state index >= 15 is 4.39 Å². The van der Waals surface area contributed by atoms with E-state index in [2.05, 4.69) is 0 Å². The van der Waals surface area contributed by atoms with Crippen LogP contribution in [0.3, 0.4) is 0 Å². The lowest BCUT2D eigenvalue weighted by molar-refractivity contribution is -0.291. The lowest BCUT2D eigenvalue weighted by atomic mass is 9.45. The molecule has 0 heterocycles. The Balaban J connectivity index is 1.96. The SMILES string of the molecule is BC1(B)[C@H](F)c2c(Oc3cc(F)cc(C#N)c3)ccc3c2[C@@]1(O)C(F)(F)C3(F)F. The highest BCUT2D eigenvalue weighted by Crippen LogP contribution is 2.75. The molecular formula is C18H11B2F6NO2. The fourth-order valence-corrected chi connectivity index (χ4v) is 4.23. The van der Waals surface area contributed by atoms with E-state index in [1.807, 2.05) is 0 Å². The van der Waals surface area contributed by atoms with Gasteiger partial charge in [0.2, 0.25) is 0 Å². The molecule has 0 bridgehead atoms. The Labute approximate surface area is 162 Å². The number of aliphatic hydroxyl groups is 1. The Morgan fingerprint density at radius 3 is 2.38 bits per heavy atom. The van der Waals surface area contributed by atoms with Crippen LogP contribution in [0.15, 0.2) is 30.3 Å². The summed E-state index contributed by atoms with van der Waals surface area (Å²) in [6.07, 6.45) is -2.27. The monoisotopic (exact) mass is 409 g/mol. The Morgan fingerprint density at radius 2 is 1.76 bits per heavy atom. The number of alkyl halides is 5. The molecule has 0 unspecified atom stereocenters. The van der Waals surface area contributed by atoms with Gasteiger partial charge >= 0.3 is 11.8 Å². The topological polar surface area (TPSA) is 53.2 Å². The lowest BCUT2D eigenvalue weighted by Crippen LogP contribution is -2.55. The summed E-state index contributed by atoms with van der Waals surface area (Å²) in [5.74, 6) is -11.2. The third kappa shape index (κ3) is 2.10. The first kappa shape index (κ1) is 19.7. The largest absolute Gasteiger partial charge is 0.457 e. The van der Waals surface area contributed by atoms with Crippen molar-refractivity contribution in [3.05, 3.63) is 58.4 Å². The van der Waals surface area contributed by atoms with Crippen LogP contribution in [0.1, 0.15) is 28.4 Å². The minimum Gasteiger partial charge on any atom is -0.457 e. The van der Waals surface area contributed by atoms with E-state index < -0.39 is 57.1 Å². The third-order valence-electron chi connectivity index (χ3n) is 5.80. The fourth-order valence-electron chi connectivity index (χ4n) is 4.23. The van der Waals surface area contributed by atoms with Gasteiger partial charge in [0.25, 0.3) is 0 Å². The number of nitrogens with zero attached hydrogens (tertiary/aromatic N) is 1. The Morgan fingerprint density at radius 1 is 1.10 bits per heavy atom. The molecule has 2 aliphatic carbocycles. The van der Waals surface area contributed by atoms with Crippen LogP contribution in [0.5, 0.6) is 11.5 Å². The molecule has 0 amide bonds. The van der Waals surface area contributed by atoms with Crippen LogP contribution in [0, 0.1) is 17.1 Å². The molecule has 11 heteroatoms. The average molecular weight is 409 g/mol. The van der Waals surface area contributed by atoms with Gasteiger partial charge in [-0.3, -0.25) is 0 Å². The van der Waals surface area contributed by atoms with Crippen molar-refractivity contribution >= 4 is 15.7 Å². The predicted molar refractivity (Wildman–Crippen MR) is 94.0 cm³/mol. The lowest BCUT2D eigenvalue weighted by Gasteiger charge is -2.41. The molecule has 1 N–H and O–H groups in total. The number of nitriles is 1. The van der Waals surface area contributed by atoms with Crippen molar-refractivity contribution in [1.29, 1.82) is 5.26 Å². The summed E-state index contributed by atoms with van der Waals surface area (Å²) in [4.78, 5) is 0. The van der Waals surface area contributed by atoms with Crippen LogP contribution in [-0.2, 0) is 11.5 Å². The van der Waals surface area contributed by atoms with Crippen LogP contribution in [0.4, 0.5) is 26.3 Å². The van der Waals surface area contributed by atoms with Crippen molar-refractivity contribution in [1.82, 2.24) is 0 Å². The zero-order valence-corrected chi connectivity index (χ0v) is 15.0. The zero-order chi connectivity index (χ0) is 21.6. The van der Waals surface area contributed by atoms with E-state index in [4.69, 9.17) is 10.00 Å². The molecule has 3 nitrogen and oxygen atoms in total. The summed E-state index contributed by atoms with van der Waals surface area (Å²) in [6.45, 7) is 0. The molecule has 29 heavy (non-hydrogen) atoms. The smallest absolute Gasteiger partial charge is 0.345 e. The molecule has 0 spiro atoms. The number of rotatable bonds is 2. The first-order valence-electron chi connectivity index (χ1n) is 8.49. The summed E-state index contributed by atoms with van der Waals surface area (Å²) < 4.78 is 92.5. The molecule has 0 saturated heterocycles. The maximum atomic E-state index is 15.2. The molecule has 0 aliphatic heterocycles. The Hall–Kier alpha value is -2.60. The molecule has 4 rings (SSSR count). The van der Waals surface area contributed by atoms with Gasteiger partial charge in [0.05, 0.1) is 11.6 Å². The molecule has 0 radical (unpaired) electrons. The summed E-state index contributed by atoms with van der Waals surface area (Å²) in [6, 6.07) is 6.09. The average Bonchev–Trinajstić information content (AvgIpc) is 2.87. The quantitative estimate of drug-likeness (QED) is 0.614. The Kier molecular flexibility index (Phi) is 3.74. The van der Waals surface area contributed by atoms with Crippen molar-refractivity contribution in [2.45, 2.75) is 28.8 Å². The van der Waals surface area contributed by atoms with Gasteiger partial charge in [-0.1, -0.05) is 0 Å². The maximum Gasteiger partial charge on any atom is 0.345 e. The highest BCUT2D eigenvalue weighted by atomic mass is 19.3. The number of hydrogen-bond donors (Lipinski definition) is 1. The van der Waals surface area contributed by atoms with E-state index in [-0.39, 0.29) is 11.3 Å². The minimum atomic E-state index is -4.97. The molecule has 2 atom stereocenters. The summed E-state index contributed by atoms with van der Waals surface area (Å²) in [7, 11) is 1.85. The van der Waals surface area contributed by atoms with Crippen LogP contribution in [-0.4, -0.2) is 26.7 Å². The van der Waals surface area contributed by atoms with Crippen LogP contribution >= 0.6 is 0 Å². The zero-order valence-electron chi connectivity index (χ0n) is 15.0. The molecule has 0 aromatic heterocycles.